The minimum absolute atomic E-state index is 0. The Morgan fingerprint density at radius 2 is 1.60 bits per heavy atom. The number of fused-ring (bicyclic) bond motifs is 1. The van der Waals surface area contributed by atoms with Gasteiger partial charge in [-0.05, 0) is 66.8 Å². The van der Waals surface area contributed by atoms with Gasteiger partial charge < -0.3 is 25.8 Å². The van der Waals surface area contributed by atoms with E-state index in [4.69, 9.17) is 15.2 Å². The van der Waals surface area contributed by atoms with E-state index in [1.165, 1.54) is 0 Å². The fourth-order valence-corrected chi connectivity index (χ4v) is 5.21. The Labute approximate surface area is 262 Å². The number of hydrogen-bond acceptors (Lipinski definition) is 8. The Morgan fingerprint density at radius 1 is 1.00 bits per heavy atom. The first-order valence-electron chi connectivity index (χ1n) is 13.5. The number of carbonyl (C=O) groups is 1. The molecule has 0 spiro atoms. The van der Waals surface area contributed by atoms with Gasteiger partial charge in [0, 0.05) is 36.6 Å². The molecule has 0 radical (unpaired) electrons. The van der Waals surface area contributed by atoms with E-state index >= 15 is 0 Å². The van der Waals surface area contributed by atoms with Gasteiger partial charge in [0.2, 0.25) is 5.91 Å². The summed E-state index contributed by atoms with van der Waals surface area (Å²) >= 11 is 0. The fourth-order valence-electron chi connectivity index (χ4n) is 5.21. The summed E-state index contributed by atoms with van der Waals surface area (Å²) in [7, 11) is 3.27. The highest BCUT2D eigenvalue weighted by Crippen LogP contribution is 2.29. The molecule has 0 aliphatic carbocycles. The summed E-state index contributed by atoms with van der Waals surface area (Å²) in [6.07, 6.45) is 2.82. The normalized spacial score (nSPS) is 13.3. The molecule has 43 heavy (non-hydrogen) atoms. The van der Waals surface area contributed by atoms with Crippen LogP contribution < -0.4 is 31.4 Å². The number of nitrogens with zero attached hydrogens (tertiary/aromatic N) is 3. The maximum atomic E-state index is 13.6. The standard InChI is InChI=1S/C31H34N6O4.2ClH/c1-19-22(8-15-28(32)36-19)16-35-30(38)27-14-9-23-17-33-29(31(39)37(23)27)34-18-26(20-4-10-24(40-2)11-5-20)21-6-12-25(41-3)13-7-21;;/h4-8,10-13,15,17,26-27H,9,14,16,18H2,1-3H3,(H2,32,36)(H,33,34)(H,35,38);2*1H. The van der Waals surface area contributed by atoms with E-state index in [-0.39, 0.29) is 48.0 Å². The molecule has 3 heterocycles. The number of pyridine rings is 1. The van der Waals surface area contributed by atoms with E-state index < -0.39 is 6.04 Å². The van der Waals surface area contributed by atoms with Crippen LogP contribution in [0.25, 0.3) is 0 Å². The molecule has 12 heteroatoms. The number of aromatic nitrogens is 3. The predicted molar refractivity (Wildman–Crippen MR) is 172 cm³/mol. The lowest BCUT2D eigenvalue weighted by molar-refractivity contribution is -0.124. The third-order valence-electron chi connectivity index (χ3n) is 7.54. The summed E-state index contributed by atoms with van der Waals surface area (Å²) in [5.41, 5.74) is 9.91. The molecular formula is C31H36Cl2N6O4. The van der Waals surface area contributed by atoms with Crippen molar-refractivity contribution in [2.45, 2.75) is 38.3 Å². The van der Waals surface area contributed by atoms with Gasteiger partial charge in [0.05, 0.1) is 14.2 Å². The number of nitrogen functional groups attached to an aromatic ring is 1. The Morgan fingerprint density at radius 3 is 2.16 bits per heavy atom. The summed E-state index contributed by atoms with van der Waals surface area (Å²) in [6, 6.07) is 18.7. The second-order valence-electron chi connectivity index (χ2n) is 10.0. The van der Waals surface area contributed by atoms with Crippen LogP contribution in [-0.2, 0) is 17.8 Å². The highest BCUT2D eigenvalue weighted by atomic mass is 35.5. The minimum Gasteiger partial charge on any atom is -0.497 e. The number of amides is 1. The van der Waals surface area contributed by atoms with Crippen molar-refractivity contribution >= 4 is 42.4 Å². The minimum atomic E-state index is -0.609. The van der Waals surface area contributed by atoms with Gasteiger partial charge in [-0.25, -0.2) is 9.97 Å². The molecule has 2 aromatic carbocycles. The van der Waals surface area contributed by atoms with Crippen LogP contribution in [0.3, 0.4) is 0 Å². The van der Waals surface area contributed by atoms with Crippen molar-refractivity contribution in [2.24, 2.45) is 0 Å². The predicted octanol–water partition coefficient (Wildman–Crippen LogP) is 4.44. The van der Waals surface area contributed by atoms with Crippen LogP contribution in [0, 0.1) is 6.92 Å². The van der Waals surface area contributed by atoms with Crippen LogP contribution in [0.5, 0.6) is 11.5 Å². The first-order valence-corrected chi connectivity index (χ1v) is 13.5. The number of methoxy groups -OCH3 is 2. The Bertz CT molecular complexity index is 1550. The van der Waals surface area contributed by atoms with E-state index in [9.17, 15) is 9.59 Å². The number of benzene rings is 2. The Balaban J connectivity index is 0.00000253. The van der Waals surface area contributed by atoms with Crippen molar-refractivity contribution in [2.75, 3.05) is 31.8 Å². The Hall–Kier alpha value is -4.28. The average molecular weight is 628 g/mol. The lowest BCUT2D eigenvalue weighted by atomic mass is 9.91. The third kappa shape index (κ3) is 7.39. The maximum Gasteiger partial charge on any atom is 0.294 e. The zero-order chi connectivity index (χ0) is 28.9. The van der Waals surface area contributed by atoms with E-state index in [0.717, 1.165) is 39.6 Å². The molecule has 228 valence electrons. The quantitative estimate of drug-likeness (QED) is 0.235. The van der Waals surface area contributed by atoms with Crippen molar-refractivity contribution in [3.05, 3.63) is 105 Å². The zero-order valence-corrected chi connectivity index (χ0v) is 25.8. The van der Waals surface area contributed by atoms with Crippen molar-refractivity contribution < 1.29 is 14.3 Å². The van der Waals surface area contributed by atoms with Gasteiger partial charge in [0.1, 0.15) is 23.4 Å². The number of aryl methyl sites for hydroxylation is 2. The highest BCUT2D eigenvalue weighted by molar-refractivity contribution is 5.85. The molecule has 0 saturated heterocycles. The summed E-state index contributed by atoms with van der Waals surface area (Å²) in [5.74, 6) is 1.87. The van der Waals surface area contributed by atoms with Gasteiger partial charge in [0.25, 0.3) is 5.56 Å². The van der Waals surface area contributed by atoms with Crippen molar-refractivity contribution in [1.82, 2.24) is 19.9 Å². The van der Waals surface area contributed by atoms with Crippen LogP contribution >= 0.6 is 24.8 Å². The molecule has 1 unspecified atom stereocenters. The van der Waals surface area contributed by atoms with Crippen LogP contribution in [0.1, 0.15) is 46.5 Å². The molecule has 1 aliphatic heterocycles. The van der Waals surface area contributed by atoms with Crippen molar-refractivity contribution in [3.63, 3.8) is 0 Å². The van der Waals surface area contributed by atoms with E-state index in [1.807, 2.05) is 61.5 Å². The van der Waals surface area contributed by atoms with Crippen LogP contribution in [0.4, 0.5) is 11.6 Å². The number of anilines is 2. The Kier molecular flexibility index (Phi) is 11.4. The number of rotatable bonds is 10. The molecule has 0 fully saturated rings. The van der Waals surface area contributed by atoms with Crippen molar-refractivity contribution in [3.8, 4) is 11.5 Å². The summed E-state index contributed by atoms with van der Waals surface area (Å²) in [4.78, 5) is 35.5. The molecule has 5 rings (SSSR count). The lowest BCUT2D eigenvalue weighted by Crippen LogP contribution is -2.36. The van der Waals surface area contributed by atoms with E-state index in [1.54, 1.807) is 31.0 Å². The second-order valence-corrected chi connectivity index (χ2v) is 10.0. The van der Waals surface area contributed by atoms with Crippen LogP contribution in [0.2, 0.25) is 0 Å². The number of ether oxygens (including phenoxy) is 2. The first kappa shape index (κ1) is 33.2. The third-order valence-corrected chi connectivity index (χ3v) is 7.54. The largest absolute Gasteiger partial charge is 0.497 e. The molecule has 0 bridgehead atoms. The maximum absolute atomic E-state index is 13.6. The topological polar surface area (TPSA) is 133 Å². The molecule has 2 aromatic heterocycles. The van der Waals surface area contributed by atoms with E-state index in [0.29, 0.717) is 31.7 Å². The van der Waals surface area contributed by atoms with E-state index in [2.05, 4.69) is 20.6 Å². The molecule has 10 nitrogen and oxygen atoms in total. The fraction of sp³-hybridized carbons (Fsp3) is 0.290. The number of hydrogen-bond donors (Lipinski definition) is 3. The molecule has 4 N–H and O–H groups in total. The lowest BCUT2D eigenvalue weighted by Gasteiger charge is -2.20. The average Bonchev–Trinajstić information content (AvgIpc) is 3.43. The summed E-state index contributed by atoms with van der Waals surface area (Å²) < 4.78 is 12.2. The number of halogens is 2. The second kappa shape index (κ2) is 14.8. The SMILES string of the molecule is COc1ccc(C(CNc2ncc3n(c2=O)C(C(=O)NCc2ccc(N)nc2C)CC3)c2ccc(OC)cc2)cc1.Cl.Cl. The summed E-state index contributed by atoms with van der Waals surface area (Å²) in [5, 5.41) is 6.23. The number of nitrogens with one attached hydrogen (secondary N) is 2. The molecule has 0 saturated carbocycles. The molecule has 4 aromatic rings. The van der Waals surface area contributed by atoms with Gasteiger partial charge in [-0.1, -0.05) is 30.3 Å². The molecule has 1 aliphatic rings. The first-order chi connectivity index (χ1) is 19.9. The van der Waals surface area contributed by atoms with Gasteiger partial charge in [0.15, 0.2) is 5.82 Å². The number of carbonyl (C=O) groups excluding carboxylic acids is 1. The summed E-state index contributed by atoms with van der Waals surface area (Å²) in [6.45, 7) is 2.57. The zero-order valence-electron chi connectivity index (χ0n) is 24.2. The van der Waals surface area contributed by atoms with Crippen molar-refractivity contribution in [1.29, 1.82) is 0 Å². The molecule has 1 atom stereocenters. The van der Waals surface area contributed by atoms with Gasteiger partial charge in [-0.3, -0.25) is 14.2 Å². The van der Waals surface area contributed by atoms with Crippen LogP contribution in [-0.4, -0.2) is 41.2 Å². The molecular weight excluding hydrogens is 591 g/mol. The van der Waals surface area contributed by atoms with Gasteiger partial charge in [-0.15, -0.1) is 24.8 Å². The van der Waals surface area contributed by atoms with Gasteiger partial charge >= 0.3 is 0 Å². The van der Waals surface area contributed by atoms with Gasteiger partial charge in [-0.2, -0.15) is 0 Å². The monoisotopic (exact) mass is 626 g/mol. The smallest absolute Gasteiger partial charge is 0.294 e. The van der Waals surface area contributed by atoms with Crippen LogP contribution in [0.15, 0.2) is 71.7 Å². The molecule has 1 amide bonds. The highest BCUT2D eigenvalue weighted by Gasteiger charge is 2.31. The number of nitrogens with two attached hydrogens (primary N) is 1.